The second-order valence-electron chi connectivity index (χ2n) is 11.7. The molecule has 1 aromatic heterocycles. The van der Waals surface area contributed by atoms with Crippen LogP contribution in [0.1, 0.15) is 78.8 Å². The number of carbonyl (C=O) groups is 2. The Bertz CT molecular complexity index is 1460. The molecule has 204 valence electrons. The Morgan fingerprint density at radius 2 is 1.87 bits per heavy atom. The Balaban J connectivity index is 1.48. The lowest BCUT2D eigenvalue weighted by atomic mass is 9.81. The molecule has 0 radical (unpaired) electrons. The predicted octanol–water partition coefficient (Wildman–Crippen LogP) is 5.80. The van der Waals surface area contributed by atoms with Gasteiger partial charge >= 0.3 is 5.97 Å². The molecular weight excluding hydrogens is 492 g/mol. The highest BCUT2D eigenvalue weighted by Crippen LogP contribution is 2.66. The Labute approximate surface area is 228 Å². The molecule has 0 spiro atoms. The number of nitrogens with zero attached hydrogens (tertiary/aromatic N) is 2. The lowest BCUT2D eigenvalue weighted by molar-refractivity contribution is -0.141. The SMILES string of the molecule is CCOc1ccc2c(c1)C1CC1(C(=O)N1CCOCC1)Cn1c-2c(C2CCCCC2)c2ccc(C(=O)O)cc21. The number of amides is 1. The Kier molecular flexibility index (Phi) is 5.96. The van der Waals surface area contributed by atoms with E-state index < -0.39 is 11.4 Å². The second-order valence-corrected chi connectivity index (χ2v) is 11.7. The molecule has 2 aliphatic heterocycles. The third kappa shape index (κ3) is 3.88. The Morgan fingerprint density at radius 1 is 1.08 bits per heavy atom. The van der Waals surface area contributed by atoms with Crippen LogP contribution in [0, 0.1) is 5.41 Å². The smallest absolute Gasteiger partial charge is 0.335 e. The maximum absolute atomic E-state index is 14.3. The highest BCUT2D eigenvalue weighted by molar-refractivity contribution is 6.00. The van der Waals surface area contributed by atoms with Gasteiger partial charge in [-0.3, -0.25) is 4.79 Å². The summed E-state index contributed by atoms with van der Waals surface area (Å²) in [6.07, 6.45) is 6.76. The summed E-state index contributed by atoms with van der Waals surface area (Å²) in [5, 5.41) is 11.0. The quantitative estimate of drug-likeness (QED) is 0.453. The van der Waals surface area contributed by atoms with E-state index in [-0.39, 0.29) is 17.4 Å². The van der Waals surface area contributed by atoms with Gasteiger partial charge in [-0.25, -0.2) is 4.79 Å². The third-order valence-corrected chi connectivity index (χ3v) is 9.57. The molecule has 7 heteroatoms. The number of fused-ring (bicyclic) bond motifs is 7. The van der Waals surface area contributed by atoms with E-state index >= 15 is 0 Å². The number of morpholine rings is 1. The second kappa shape index (κ2) is 9.40. The monoisotopic (exact) mass is 528 g/mol. The third-order valence-electron chi connectivity index (χ3n) is 9.57. The van der Waals surface area contributed by atoms with E-state index in [1.165, 1.54) is 41.6 Å². The summed E-state index contributed by atoms with van der Waals surface area (Å²) in [5.74, 6) is 0.651. The van der Waals surface area contributed by atoms with Crippen LogP contribution in [-0.2, 0) is 16.1 Å². The van der Waals surface area contributed by atoms with Crippen LogP contribution in [0.5, 0.6) is 5.75 Å². The maximum atomic E-state index is 14.3. The van der Waals surface area contributed by atoms with Crippen LogP contribution >= 0.6 is 0 Å². The molecule has 2 atom stereocenters. The van der Waals surface area contributed by atoms with Crippen molar-refractivity contribution < 1.29 is 24.2 Å². The first-order valence-electron chi connectivity index (χ1n) is 14.6. The molecule has 3 aromatic rings. The molecule has 1 amide bonds. The van der Waals surface area contributed by atoms with E-state index in [9.17, 15) is 14.7 Å². The van der Waals surface area contributed by atoms with Gasteiger partial charge in [0.15, 0.2) is 0 Å². The van der Waals surface area contributed by atoms with Crippen molar-refractivity contribution in [3.8, 4) is 17.0 Å². The number of hydrogen-bond donors (Lipinski definition) is 1. The van der Waals surface area contributed by atoms with E-state index in [2.05, 4.69) is 22.8 Å². The minimum Gasteiger partial charge on any atom is -0.494 e. The van der Waals surface area contributed by atoms with Crippen molar-refractivity contribution in [1.29, 1.82) is 0 Å². The fraction of sp³-hybridized carbons (Fsp3) is 0.500. The van der Waals surface area contributed by atoms with Crippen molar-refractivity contribution in [3.63, 3.8) is 0 Å². The fourth-order valence-electron chi connectivity index (χ4n) is 7.62. The molecule has 3 heterocycles. The normalized spacial score (nSPS) is 24.4. The van der Waals surface area contributed by atoms with Crippen LogP contribution in [0.3, 0.4) is 0 Å². The number of ether oxygens (including phenoxy) is 2. The highest BCUT2D eigenvalue weighted by Gasteiger charge is 2.63. The number of aromatic carboxylic acids is 1. The fourth-order valence-corrected chi connectivity index (χ4v) is 7.62. The van der Waals surface area contributed by atoms with Gasteiger partial charge in [-0.2, -0.15) is 0 Å². The summed E-state index contributed by atoms with van der Waals surface area (Å²) in [5.41, 5.74) is 5.56. The molecule has 2 unspecified atom stereocenters. The van der Waals surface area contributed by atoms with Gasteiger partial charge in [-0.15, -0.1) is 0 Å². The number of carboxylic acids is 1. The van der Waals surface area contributed by atoms with E-state index in [1.807, 2.05) is 24.0 Å². The molecule has 3 fully saturated rings. The molecule has 1 N–H and O–H groups in total. The first-order chi connectivity index (χ1) is 19.0. The van der Waals surface area contributed by atoms with Gasteiger partial charge in [0.05, 0.1) is 36.5 Å². The van der Waals surface area contributed by atoms with Crippen LogP contribution in [0.25, 0.3) is 22.2 Å². The zero-order valence-electron chi connectivity index (χ0n) is 22.6. The molecule has 0 bridgehead atoms. The maximum Gasteiger partial charge on any atom is 0.335 e. The Hall–Kier alpha value is -3.32. The van der Waals surface area contributed by atoms with Gasteiger partial charge in [0.25, 0.3) is 0 Å². The molecule has 2 aliphatic carbocycles. The Morgan fingerprint density at radius 3 is 2.62 bits per heavy atom. The summed E-state index contributed by atoms with van der Waals surface area (Å²) in [6, 6.07) is 12.0. The van der Waals surface area contributed by atoms with Gasteiger partial charge < -0.3 is 24.0 Å². The molecule has 1 saturated heterocycles. The van der Waals surface area contributed by atoms with Crippen molar-refractivity contribution in [2.45, 2.75) is 63.8 Å². The number of aromatic nitrogens is 1. The number of carboxylic acid groups (broad SMARTS) is 1. The minimum atomic E-state index is -0.926. The molecule has 7 rings (SSSR count). The molecule has 2 aromatic carbocycles. The lowest BCUT2D eigenvalue weighted by Crippen LogP contribution is -2.45. The minimum absolute atomic E-state index is 0.111. The molecule has 7 nitrogen and oxygen atoms in total. The highest BCUT2D eigenvalue weighted by atomic mass is 16.5. The van der Waals surface area contributed by atoms with Gasteiger partial charge in [0.2, 0.25) is 5.91 Å². The number of rotatable bonds is 5. The first kappa shape index (κ1) is 24.7. The predicted molar refractivity (Wildman–Crippen MR) is 149 cm³/mol. The zero-order valence-corrected chi connectivity index (χ0v) is 22.6. The van der Waals surface area contributed by atoms with Gasteiger partial charge in [0.1, 0.15) is 5.75 Å². The molecule has 4 aliphatic rings. The summed E-state index contributed by atoms with van der Waals surface area (Å²) < 4.78 is 13.8. The van der Waals surface area contributed by atoms with Crippen LogP contribution in [0.15, 0.2) is 36.4 Å². The van der Waals surface area contributed by atoms with E-state index in [1.54, 1.807) is 6.07 Å². The average molecular weight is 529 g/mol. The van der Waals surface area contributed by atoms with E-state index in [4.69, 9.17) is 9.47 Å². The topological polar surface area (TPSA) is 81.0 Å². The summed E-state index contributed by atoms with van der Waals surface area (Å²) in [6.45, 7) is 5.53. The number of hydrogen-bond acceptors (Lipinski definition) is 4. The zero-order chi connectivity index (χ0) is 26.7. The largest absolute Gasteiger partial charge is 0.494 e. The van der Waals surface area contributed by atoms with E-state index in [0.717, 1.165) is 35.9 Å². The van der Waals surface area contributed by atoms with E-state index in [0.29, 0.717) is 45.4 Å². The average Bonchev–Trinajstić information content (AvgIpc) is 3.64. The van der Waals surface area contributed by atoms with Crippen molar-refractivity contribution in [2.24, 2.45) is 5.41 Å². The summed E-state index contributed by atoms with van der Waals surface area (Å²) in [4.78, 5) is 28.3. The summed E-state index contributed by atoms with van der Waals surface area (Å²) >= 11 is 0. The van der Waals surface area contributed by atoms with Crippen LogP contribution in [0.4, 0.5) is 0 Å². The lowest BCUT2D eigenvalue weighted by Gasteiger charge is -2.31. The summed E-state index contributed by atoms with van der Waals surface area (Å²) in [7, 11) is 0. The van der Waals surface area contributed by atoms with Crippen molar-refractivity contribution >= 4 is 22.8 Å². The number of carbonyl (C=O) groups excluding carboxylic acids is 1. The van der Waals surface area contributed by atoms with Gasteiger partial charge in [-0.05, 0) is 73.6 Å². The number of benzene rings is 2. The van der Waals surface area contributed by atoms with Crippen LogP contribution in [0.2, 0.25) is 0 Å². The van der Waals surface area contributed by atoms with Crippen LogP contribution < -0.4 is 4.74 Å². The van der Waals surface area contributed by atoms with Crippen molar-refractivity contribution in [3.05, 3.63) is 53.1 Å². The molecule has 2 saturated carbocycles. The van der Waals surface area contributed by atoms with Gasteiger partial charge in [0, 0.05) is 42.0 Å². The van der Waals surface area contributed by atoms with Crippen molar-refractivity contribution in [1.82, 2.24) is 9.47 Å². The molecule has 39 heavy (non-hydrogen) atoms. The van der Waals surface area contributed by atoms with Gasteiger partial charge in [-0.1, -0.05) is 25.3 Å². The standard InChI is InChI=1S/C32H36N2O5/c1-2-39-22-9-11-23-25(17-22)26-18-32(26,31(37)33-12-14-38-15-13-33)19-34-27-16-21(30(35)36)8-10-24(27)28(29(23)34)20-6-4-3-5-7-20/h8-11,16-17,20,26H,2-7,12-15,18-19H2,1H3,(H,35,36). The first-order valence-corrected chi connectivity index (χ1v) is 14.6. The van der Waals surface area contributed by atoms with Crippen LogP contribution in [-0.4, -0.2) is 59.4 Å². The van der Waals surface area contributed by atoms with Crippen molar-refractivity contribution in [2.75, 3.05) is 32.9 Å². The molecular formula is C32H36N2O5.